The lowest BCUT2D eigenvalue weighted by Crippen LogP contribution is -2.42. The third-order valence-electron chi connectivity index (χ3n) is 5.73. The molecule has 2 unspecified atom stereocenters. The first kappa shape index (κ1) is 20.5. The van der Waals surface area contributed by atoms with Gasteiger partial charge in [-0.2, -0.15) is 0 Å². The van der Waals surface area contributed by atoms with Crippen LogP contribution in [0.15, 0.2) is 4.99 Å². The first-order valence-electron chi connectivity index (χ1n) is 10.6. The number of nitrogens with one attached hydrogen (secondary N) is 2. The second-order valence-corrected chi connectivity index (χ2v) is 8.11. The molecule has 0 bridgehead atoms. The zero-order valence-electron chi connectivity index (χ0n) is 16.9. The molecule has 1 aliphatic carbocycles. The molecular formula is C20H41N5. The first-order chi connectivity index (χ1) is 12.2. The largest absolute Gasteiger partial charge is 0.357 e. The zero-order valence-corrected chi connectivity index (χ0v) is 16.9. The Labute approximate surface area is 155 Å². The van der Waals surface area contributed by atoms with Crippen molar-refractivity contribution in [2.24, 2.45) is 16.8 Å². The van der Waals surface area contributed by atoms with Crippen molar-refractivity contribution in [2.45, 2.75) is 52.4 Å². The number of aliphatic imine (C=N–C) groups is 1. The van der Waals surface area contributed by atoms with E-state index in [1.54, 1.807) is 0 Å². The average molecular weight is 352 g/mol. The number of likely N-dealkylation sites (N-methyl/N-ethyl adjacent to an activating group) is 1. The van der Waals surface area contributed by atoms with E-state index in [1.165, 1.54) is 64.7 Å². The zero-order chi connectivity index (χ0) is 17.9. The predicted molar refractivity (Wildman–Crippen MR) is 108 cm³/mol. The van der Waals surface area contributed by atoms with Crippen LogP contribution in [-0.4, -0.2) is 75.2 Å². The molecule has 1 heterocycles. The van der Waals surface area contributed by atoms with E-state index in [0.717, 1.165) is 44.0 Å². The molecule has 0 spiro atoms. The van der Waals surface area contributed by atoms with Gasteiger partial charge in [0, 0.05) is 39.3 Å². The molecule has 0 radical (unpaired) electrons. The molecule has 1 aliphatic heterocycles. The summed E-state index contributed by atoms with van der Waals surface area (Å²) in [5.74, 6) is 2.81. The first-order valence-corrected chi connectivity index (χ1v) is 10.6. The normalized spacial score (nSPS) is 27.1. The van der Waals surface area contributed by atoms with Gasteiger partial charge >= 0.3 is 0 Å². The van der Waals surface area contributed by atoms with Crippen LogP contribution in [0.25, 0.3) is 0 Å². The van der Waals surface area contributed by atoms with Crippen LogP contribution in [0.5, 0.6) is 0 Å². The highest BCUT2D eigenvalue weighted by Crippen LogP contribution is 2.30. The average Bonchev–Trinajstić information content (AvgIpc) is 2.79. The van der Waals surface area contributed by atoms with Crippen LogP contribution in [0.4, 0.5) is 0 Å². The summed E-state index contributed by atoms with van der Waals surface area (Å²) in [6.07, 6.45) is 8.19. The summed E-state index contributed by atoms with van der Waals surface area (Å²) < 4.78 is 0. The van der Waals surface area contributed by atoms with E-state index in [-0.39, 0.29) is 0 Å². The van der Waals surface area contributed by atoms with Crippen molar-refractivity contribution in [1.82, 2.24) is 20.4 Å². The van der Waals surface area contributed by atoms with Crippen LogP contribution in [-0.2, 0) is 0 Å². The Bertz CT molecular complexity index is 384. The minimum absolute atomic E-state index is 0.893. The summed E-state index contributed by atoms with van der Waals surface area (Å²) in [7, 11) is 2.23. The molecule has 0 aromatic carbocycles. The molecule has 5 heteroatoms. The quantitative estimate of drug-likeness (QED) is 0.546. The van der Waals surface area contributed by atoms with Crippen LogP contribution in [0.1, 0.15) is 52.4 Å². The highest BCUT2D eigenvalue weighted by Gasteiger charge is 2.18. The molecule has 1 saturated carbocycles. The molecule has 0 aromatic rings. The smallest absolute Gasteiger partial charge is 0.191 e. The van der Waals surface area contributed by atoms with Gasteiger partial charge in [-0.05, 0) is 58.2 Å². The van der Waals surface area contributed by atoms with E-state index < -0.39 is 0 Å². The molecule has 2 atom stereocenters. The van der Waals surface area contributed by atoms with E-state index >= 15 is 0 Å². The number of hydrogen-bond acceptors (Lipinski definition) is 3. The van der Waals surface area contributed by atoms with Crippen LogP contribution in [0, 0.1) is 11.8 Å². The van der Waals surface area contributed by atoms with Gasteiger partial charge in [0.25, 0.3) is 0 Å². The third kappa shape index (κ3) is 8.41. The molecule has 2 fully saturated rings. The summed E-state index contributed by atoms with van der Waals surface area (Å²) in [6, 6.07) is 0. The van der Waals surface area contributed by atoms with Crippen molar-refractivity contribution in [3.63, 3.8) is 0 Å². The lowest BCUT2D eigenvalue weighted by Gasteiger charge is -2.26. The van der Waals surface area contributed by atoms with Crippen molar-refractivity contribution in [1.29, 1.82) is 0 Å². The fourth-order valence-corrected chi connectivity index (χ4v) is 4.18. The number of nitrogens with zero attached hydrogens (tertiary/aromatic N) is 3. The Hall–Kier alpha value is -0.810. The van der Waals surface area contributed by atoms with E-state index in [0.29, 0.717) is 0 Å². The minimum Gasteiger partial charge on any atom is -0.357 e. The Morgan fingerprint density at radius 2 is 1.96 bits per heavy atom. The van der Waals surface area contributed by atoms with Gasteiger partial charge in [0.1, 0.15) is 0 Å². The number of rotatable bonds is 7. The summed E-state index contributed by atoms with van der Waals surface area (Å²) in [6.45, 7) is 13.4. The summed E-state index contributed by atoms with van der Waals surface area (Å²) >= 11 is 0. The standard InChI is InChI=1S/C20H41N5/c1-4-21-20(22-10-9-19-8-5-7-18(2)17-19)23-11-14-25-13-6-12-24(3)15-16-25/h18-19H,4-17H2,1-3H3,(H2,21,22,23). The van der Waals surface area contributed by atoms with Gasteiger partial charge in [-0.1, -0.05) is 26.2 Å². The second-order valence-electron chi connectivity index (χ2n) is 8.11. The molecule has 1 saturated heterocycles. The predicted octanol–water partition coefficient (Wildman–Crippen LogP) is 2.40. The van der Waals surface area contributed by atoms with Crippen molar-refractivity contribution >= 4 is 5.96 Å². The summed E-state index contributed by atoms with van der Waals surface area (Å²) in [4.78, 5) is 9.82. The highest BCUT2D eigenvalue weighted by atomic mass is 15.2. The highest BCUT2D eigenvalue weighted by molar-refractivity contribution is 5.79. The number of hydrogen-bond donors (Lipinski definition) is 2. The fraction of sp³-hybridized carbons (Fsp3) is 0.950. The molecule has 2 rings (SSSR count). The Morgan fingerprint density at radius 1 is 1.08 bits per heavy atom. The van der Waals surface area contributed by atoms with Crippen molar-refractivity contribution < 1.29 is 0 Å². The van der Waals surface area contributed by atoms with Crippen LogP contribution in [0.2, 0.25) is 0 Å². The second kappa shape index (κ2) is 11.7. The van der Waals surface area contributed by atoms with Gasteiger partial charge in [-0.3, -0.25) is 4.99 Å². The molecule has 25 heavy (non-hydrogen) atoms. The van der Waals surface area contributed by atoms with Gasteiger partial charge in [0.05, 0.1) is 0 Å². The monoisotopic (exact) mass is 351 g/mol. The van der Waals surface area contributed by atoms with Gasteiger partial charge in [0.15, 0.2) is 5.96 Å². The third-order valence-corrected chi connectivity index (χ3v) is 5.73. The van der Waals surface area contributed by atoms with Crippen molar-refractivity contribution in [3.8, 4) is 0 Å². The maximum atomic E-state index is 4.81. The van der Waals surface area contributed by atoms with Crippen molar-refractivity contribution in [3.05, 3.63) is 0 Å². The van der Waals surface area contributed by atoms with Gasteiger partial charge in [0.2, 0.25) is 0 Å². The molecule has 2 aliphatic rings. The maximum Gasteiger partial charge on any atom is 0.191 e. The van der Waals surface area contributed by atoms with Crippen LogP contribution in [0.3, 0.4) is 0 Å². The van der Waals surface area contributed by atoms with Crippen LogP contribution >= 0.6 is 0 Å². The van der Waals surface area contributed by atoms with Gasteiger partial charge < -0.3 is 20.4 Å². The van der Waals surface area contributed by atoms with Gasteiger partial charge in [-0.15, -0.1) is 0 Å². The van der Waals surface area contributed by atoms with E-state index in [4.69, 9.17) is 4.99 Å². The molecule has 146 valence electrons. The van der Waals surface area contributed by atoms with Crippen LogP contribution < -0.4 is 10.6 Å². The lowest BCUT2D eigenvalue weighted by molar-refractivity contribution is 0.272. The van der Waals surface area contributed by atoms with E-state index in [1.807, 2.05) is 0 Å². The molecule has 5 nitrogen and oxygen atoms in total. The Balaban J connectivity index is 1.66. The lowest BCUT2D eigenvalue weighted by atomic mass is 9.81. The Kier molecular flexibility index (Phi) is 9.63. The Morgan fingerprint density at radius 3 is 2.76 bits per heavy atom. The SMILES string of the molecule is CCNC(=NCCC1CCCC(C)C1)NCCN1CCCN(C)CC1. The molecular weight excluding hydrogens is 310 g/mol. The number of guanidine groups is 1. The van der Waals surface area contributed by atoms with E-state index in [9.17, 15) is 0 Å². The summed E-state index contributed by atoms with van der Waals surface area (Å²) in [5, 5.41) is 6.93. The van der Waals surface area contributed by atoms with Gasteiger partial charge in [-0.25, -0.2) is 0 Å². The topological polar surface area (TPSA) is 42.9 Å². The molecule has 0 aromatic heterocycles. The van der Waals surface area contributed by atoms with Crippen molar-refractivity contribution in [2.75, 3.05) is 59.4 Å². The molecule has 2 N–H and O–H groups in total. The molecule has 0 amide bonds. The minimum atomic E-state index is 0.893. The van der Waals surface area contributed by atoms with E-state index in [2.05, 4.69) is 41.3 Å². The maximum absolute atomic E-state index is 4.81. The fourth-order valence-electron chi connectivity index (χ4n) is 4.18. The summed E-state index contributed by atoms with van der Waals surface area (Å²) in [5.41, 5.74) is 0.